The molecular weight excluding hydrogens is 320 g/mol. The topological polar surface area (TPSA) is 76.1 Å². The van der Waals surface area contributed by atoms with Gasteiger partial charge in [0.05, 0.1) is 31.5 Å². The summed E-state index contributed by atoms with van der Waals surface area (Å²) in [6, 6.07) is 11.1. The van der Waals surface area contributed by atoms with Crippen LogP contribution in [0.15, 0.2) is 53.9 Å². The number of amides is 1. The molecule has 7 heteroatoms. The lowest BCUT2D eigenvalue weighted by atomic mass is 10.0. The molecule has 1 aromatic carbocycles. The second-order valence-corrected chi connectivity index (χ2v) is 6.03. The summed E-state index contributed by atoms with van der Waals surface area (Å²) >= 11 is 0. The first-order valence-corrected chi connectivity index (χ1v) is 8.08. The molecule has 0 aliphatic carbocycles. The van der Waals surface area contributed by atoms with Gasteiger partial charge >= 0.3 is 0 Å². The molecule has 2 aliphatic heterocycles. The SMILES string of the molecule is COc1ccc(NC(=O)C2=NO[C@@H]3CN(c4cccnc4)C[C@H]23)cc1. The van der Waals surface area contributed by atoms with Crippen molar-refractivity contribution in [3.05, 3.63) is 48.8 Å². The van der Waals surface area contributed by atoms with E-state index >= 15 is 0 Å². The number of nitrogens with zero attached hydrogens (tertiary/aromatic N) is 3. The minimum atomic E-state index is -0.231. The maximum absolute atomic E-state index is 12.6. The Hall–Kier alpha value is -3.09. The van der Waals surface area contributed by atoms with Gasteiger partial charge in [-0.1, -0.05) is 5.16 Å². The monoisotopic (exact) mass is 338 g/mol. The van der Waals surface area contributed by atoms with Crippen molar-refractivity contribution in [2.75, 3.05) is 30.4 Å². The van der Waals surface area contributed by atoms with Gasteiger partial charge in [0, 0.05) is 18.4 Å². The number of rotatable bonds is 4. The molecule has 25 heavy (non-hydrogen) atoms. The zero-order chi connectivity index (χ0) is 17.2. The van der Waals surface area contributed by atoms with Crippen molar-refractivity contribution in [2.24, 2.45) is 11.1 Å². The summed E-state index contributed by atoms with van der Waals surface area (Å²) in [4.78, 5) is 24.4. The van der Waals surface area contributed by atoms with Crippen LogP contribution in [0, 0.1) is 5.92 Å². The number of carbonyl (C=O) groups is 1. The smallest absolute Gasteiger partial charge is 0.273 e. The quantitative estimate of drug-likeness (QED) is 0.922. The molecule has 2 atom stereocenters. The van der Waals surface area contributed by atoms with Crippen molar-refractivity contribution in [1.29, 1.82) is 0 Å². The molecule has 7 nitrogen and oxygen atoms in total. The molecule has 3 heterocycles. The highest BCUT2D eigenvalue weighted by atomic mass is 16.6. The summed E-state index contributed by atoms with van der Waals surface area (Å²) in [7, 11) is 1.60. The molecule has 1 fully saturated rings. The second-order valence-electron chi connectivity index (χ2n) is 6.03. The zero-order valence-electron chi connectivity index (χ0n) is 13.8. The van der Waals surface area contributed by atoms with Gasteiger partial charge in [-0.05, 0) is 36.4 Å². The van der Waals surface area contributed by atoms with E-state index in [9.17, 15) is 4.79 Å². The van der Waals surface area contributed by atoms with Crippen LogP contribution < -0.4 is 15.0 Å². The number of nitrogens with one attached hydrogen (secondary N) is 1. The van der Waals surface area contributed by atoms with Gasteiger partial charge in [0.1, 0.15) is 5.75 Å². The third-order valence-electron chi connectivity index (χ3n) is 4.50. The molecule has 1 aromatic heterocycles. The Morgan fingerprint density at radius 1 is 1.28 bits per heavy atom. The van der Waals surface area contributed by atoms with Gasteiger partial charge in [0.2, 0.25) is 0 Å². The molecule has 0 bridgehead atoms. The molecule has 0 unspecified atom stereocenters. The highest BCUT2D eigenvalue weighted by molar-refractivity contribution is 6.44. The Morgan fingerprint density at radius 2 is 2.12 bits per heavy atom. The number of pyridine rings is 1. The summed E-state index contributed by atoms with van der Waals surface area (Å²) < 4.78 is 5.12. The van der Waals surface area contributed by atoms with Gasteiger partial charge in [-0.3, -0.25) is 9.78 Å². The number of ether oxygens (including phenoxy) is 1. The number of carbonyl (C=O) groups excluding carboxylic acids is 1. The van der Waals surface area contributed by atoms with E-state index in [1.54, 1.807) is 37.6 Å². The fourth-order valence-electron chi connectivity index (χ4n) is 3.17. The fraction of sp³-hybridized carbons (Fsp3) is 0.278. The minimum absolute atomic E-state index is 0.0431. The number of methoxy groups -OCH3 is 1. The van der Waals surface area contributed by atoms with E-state index in [4.69, 9.17) is 9.57 Å². The number of oxime groups is 1. The molecule has 4 rings (SSSR count). The number of hydrogen-bond donors (Lipinski definition) is 1. The highest BCUT2D eigenvalue weighted by Gasteiger charge is 2.45. The molecule has 0 radical (unpaired) electrons. The molecule has 2 aromatic rings. The molecule has 128 valence electrons. The van der Waals surface area contributed by atoms with E-state index in [2.05, 4.69) is 20.4 Å². The average molecular weight is 338 g/mol. The van der Waals surface area contributed by atoms with E-state index in [0.717, 1.165) is 11.4 Å². The van der Waals surface area contributed by atoms with Crippen LogP contribution in [0.4, 0.5) is 11.4 Å². The van der Waals surface area contributed by atoms with E-state index in [1.165, 1.54) is 0 Å². The van der Waals surface area contributed by atoms with E-state index in [-0.39, 0.29) is 17.9 Å². The van der Waals surface area contributed by atoms with Crippen LogP contribution in [0.5, 0.6) is 5.75 Å². The fourth-order valence-corrected chi connectivity index (χ4v) is 3.17. The number of benzene rings is 1. The number of fused-ring (bicyclic) bond motifs is 1. The average Bonchev–Trinajstić information content (AvgIpc) is 3.23. The number of aromatic nitrogens is 1. The Kier molecular flexibility index (Phi) is 3.97. The van der Waals surface area contributed by atoms with Crippen molar-refractivity contribution < 1.29 is 14.4 Å². The van der Waals surface area contributed by atoms with Gasteiger partial charge in [-0.2, -0.15) is 0 Å². The van der Waals surface area contributed by atoms with Crippen molar-refractivity contribution in [2.45, 2.75) is 6.10 Å². The molecule has 2 aliphatic rings. The van der Waals surface area contributed by atoms with Gasteiger partial charge in [0.15, 0.2) is 11.8 Å². The van der Waals surface area contributed by atoms with Crippen molar-refractivity contribution in [1.82, 2.24) is 4.98 Å². The normalized spacial score (nSPS) is 21.3. The molecule has 1 amide bonds. The molecule has 1 saturated heterocycles. The van der Waals surface area contributed by atoms with E-state index in [1.807, 2.05) is 18.3 Å². The van der Waals surface area contributed by atoms with Crippen LogP contribution in [0.1, 0.15) is 0 Å². The maximum Gasteiger partial charge on any atom is 0.273 e. The predicted octanol–water partition coefficient (Wildman–Crippen LogP) is 1.92. The predicted molar refractivity (Wildman–Crippen MR) is 93.9 cm³/mol. The van der Waals surface area contributed by atoms with Gasteiger partial charge < -0.3 is 19.8 Å². The third-order valence-corrected chi connectivity index (χ3v) is 4.50. The third kappa shape index (κ3) is 3.00. The second kappa shape index (κ2) is 6.43. The summed E-state index contributed by atoms with van der Waals surface area (Å²) in [5, 5.41) is 6.88. The van der Waals surface area contributed by atoms with Gasteiger partial charge in [0.25, 0.3) is 5.91 Å². The van der Waals surface area contributed by atoms with E-state index in [0.29, 0.717) is 24.5 Å². The van der Waals surface area contributed by atoms with Crippen LogP contribution in [0.2, 0.25) is 0 Å². The standard InChI is InChI=1S/C18H18N4O3/c1-24-14-6-4-12(5-7-14)20-18(23)17-15-10-22(11-16(15)25-21-17)13-3-2-8-19-9-13/h2-9,15-16H,10-11H2,1H3,(H,20,23)/t15-,16+/m0/s1. The van der Waals surface area contributed by atoms with Crippen LogP contribution in [0.3, 0.4) is 0 Å². The highest BCUT2D eigenvalue weighted by Crippen LogP contribution is 2.30. The molecule has 1 N–H and O–H groups in total. The Labute approximate surface area is 145 Å². The lowest BCUT2D eigenvalue weighted by molar-refractivity contribution is -0.110. The first kappa shape index (κ1) is 15.4. The van der Waals surface area contributed by atoms with Crippen molar-refractivity contribution in [3.8, 4) is 5.75 Å². The van der Waals surface area contributed by atoms with E-state index < -0.39 is 0 Å². The van der Waals surface area contributed by atoms with Crippen LogP contribution >= 0.6 is 0 Å². The first-order valence-electron chi connectivity index (χ1n) is 8.08. The number of hydrogen-bond acceptors (Lipinski definition) is 6. The summed E-state index contributed by atoms with van der Waals surface area (Å²) in [5.41, 5.74) is 2.15. The molecule has 0 spiro atoms. The van der Waals surface area contributed by atoms with Crippen LogP contribution in [-0.4, -0.2) is 42.9 Å². The van der Waals surface area contributed by atoms with Gasteiger partial charge in [-0.25, -0.2) is 0 Å². The lowest BCUT2D eigenvalue weighted by Gasteiger charge is -2.18. The summed E-state index contributed by atoms with van der Waals surface area (Å²) in [6.45, 7) is 1.38. The van der Waals surface area contributed by atoms with Crippen molar-refractivity contribution in [3.63, 3.8) is 0 Å². The first-order chi connectivity index (χ1) is 12.2. The largest absolute Gasteiger partial charge is 0.497 e. The summed E-state index contributed by atoms with van der Waals surface area (Å²) in [5.74, 6) is 0.465. The Morgan fingerprint density at radius 3 is 2.84 bits per heavy atom. The van der Waals surface area contributed by atoms with Gasteiger partial charge in [-0.15, -0.1) is 0 Å². The molecule has 0 saturated carbocycles. The zero-order valence-corrected chi connectivity index (χ0v) is 13.8. The minimum Gasteiger partial charge on any atom is -0.497 e. The van der Waals surface area contributed by atoms with Crippen LogP contribution in [-0.2, 0) is 9.63 Å². The summed E-state index contributed by atoms with van der Waals surface area (Å²) in [6.07, 6.45) is 3.46. The van der Waals surface area contributed by atoms with Crippen LogP contribution in [0.25, 0.3) is 0 Å². The Bertz CT molecular complexity index is 792. The maximum atomic E-state index is 12.6. The molecular formula is C18H18N4O3. The Balaban J connectivity index is 1.43. The number of anilines is 2. The van der Waals surface area contributed by atoms with Crippen molar-refractivity contribution >= 4 is 23.0 Å². The lowest BCUT2D eigenvalue weighted by Crippen LogP contribution is -2.32.